The molecule has 66 valence electrons. The summed E-state index contributed by atoms with van der Waals surface area (Å²) in [4.78, 5) is 10.4. The molecule has 1 rings (SSSR count). The maximum atomic E-state index is 10.4. The van der Waals surface area contributed by atoms with Gasteiger partial charge in [-0.25, -0.2) is 0 Å². The van der Waals surface area contributed by atoms with E-state index in [1.165, 1.54) is 3.58 Å². The summed E-state index contributed by atoms with van der Waals surface area (Å²) >= 11 is -0.0234. The minimum atomic E-state index is -0.0234. The van der Waals surface area contributed by atoms with Crippen molar-refractivity contribution in [2.45, 2.75) is 24.3 Å². The summed E-state index contributed by atoms with van der Waals surface area (Å²) in [6.07, 6.45) is 4.75. The normalized spacial score (nSPS) is 25.0. The fourth-order valence-electron chi connectivity index (χ4n) is 1.01. The van der Waals surface area contributed by atoms with E-state index in [0.717, 1.165) is 5.70 Å². The largest absolute Gasteiger partial charge is 0.379 e. The summed E-state index contributed by atoms with van der Waals surface area (Å²) in [7, 11) is 0. The zero-order valence-corrected chi connectivity index (χ0v) is 9.41. The van der Waals surface area contributed by atoms with Crippen molar-refractivity contribution >= 4 is 0 Å². The zero-order chi connectivity index (χ0) is 8.97. The van der Waals surface area contributed by atoms with Crippen molar-refractivity contribution in [1.82, 2.24) is 0 Å². The van der Waals surface area contributed by atoms with Crippen LogP contribution < -0.4 is 26.5 Å². The lowest BCUT2D eigenvalue weighted by atomic mass is 10.3. The van der Waals surface area contributed by atoms with Crippen LogP contribution in [0.5, 0.6) is 0 Å². The van der Waals surface area contributed by atoms with Gasteiger partial charge in [0.25, 0.3) is 4.05 Å². The fourth-order valence-corrected chi connectivity index (χ4v) is 3.61. The molecule has 0 bridgehead atoms. The standard InChI is InChI=1S/C8H12IN2O/c1-6-8(11-12)4-3-5-10-7(2)9-6/h3,5,7,10H,4H2,1-2H3/q+1/p+1. The first kappa shape index (κ1) is 9.85. The van der Waals surface area contributed by atoms with Gasteiger partial charge in [-0.05, 0) is 11.3 Å². The van der Waals surface area contributed by atoms with E-state index < -0.39 is 0 Å². The number of nitrogens with two attached hydrogens (primary N) is 1. The maximum Gasteiger partial charge on any atom is 0.379 e. The van der Waals surface area contributed by atoms with Crippen molar-refractivity contribution in [2.75, 3.05) is 0 Å². The van der Waals surface area contributed by atoms with Crippen molar-refractivity contribution in [3.8, 4) is 0 Å². The van der Waals surface area contributed by atoms with Crippen molar-refractivity contribution < 1.29 is 26.5 Å². The fraction of sp³-hybridized carbons (Fsp3) is 0.500. The molecule has 0 saturated heterocycles. The van der Waals surface area contributed by atoms with Crippen LogP contribution in [0.2, 0.25) is 0 Å². The molecule has 0 amide bonds. The van der Waals surface area contributed by atoms with Gasteiger partial charge in [0.15, 0.2) is 3.58 Å². The van der Waals surface area contributed by atoms with Crippen LogP contribution in [0.25, 0.3) is 0 Å². The number of alkyl halides is 1. The molecule has 1 unspecified atom stereocenters. The molecule has 0 fully saturated rings. The van der Waals surface area contributed by atoms with Crippen LogP contribution in [-0.2, 0) is 0 Å². The van der Waals surface area contributed by atoms with Crippen molar-refractivity contribution in [3.63, 3.8) is 0 Å². The summed E-state index contributed by atoms with van der Waals surface area (Å²) in [5.41, 5.74) is 0.749. The molecule has 0 aromatic heterocycles. The highest BCUT2D eigenvalue weighted by molar-refractivity contribution is 5.07. The molecule has 0 spiro atoms. The lowest BCUT2D eigenvalue weighted by Gasteiger charge is -1.98. The van der Waals surface area contributed by atoms with E-state index in [0.29, 0.717) is 10.5 Å². The van der Waals surface area contributed by atoms with E-state index >= 15 is 0 Å². The summed E-state index contributed by atoms with van der Waals surface area (Å²) < 4.78 is 1.86. The van der Waals surface area contributed by atoms with Gasteiger partial charge in [0.05, 0.1) is 6.20 Å². The molecule has 0 radical (unpaired) electrons. The second kappa shape index (κ2) is 4.71. The zero-order valence-electron chi connectivity index (χ0n) is 7.25. The first-order valence-corrected chi connectivity index (χ1v) is 6.23. The maximum absolute atomic E-state index is 10.4. The molecule has 0 saturated carbocycles. The molecule has 3 nitrogen and oxygen atoms in total. The van der Waals surface area contributed by atoms with Crippen LogP contribution in [0.1, 0.15) is 20.3 Å². The number of hydrogen-bond acceptors (Lipinski definition) is 2. The smallest absolute Gasteiger partial charge is 0.278 e. The molecule has 2 N–H and O–H groups in total. The molecule has 12 heavy (non-hydrogen) atoms. The second-order valence-electron chi connectivity index (χ2n) is 2.68. The van der Waals surface area contributed by atoms with Crippen LogP contribution in [0, 0.1) is 4.91 Å². The van der Waals surface area contributed by atoms with Crippen LogP contribution in [0.15, 0.2) is 26.7 Å². The Morgan fingerprint density at radius 1 is 1.75 bits per heavy atom. The summed E-state index contributed by atoms with van der Waals surface area (Å²) in [6, 6.07) is 0. The molecule has 1 aliphatic heterocycles. The number of nitroso groups, excluding NO2 is 1. The lowest BCUT2D eigenvalue weighted by molar-refractivity contribution is -0.853. The van der Waals surface area contributed by atoms with Gasteiger partial charge in [-0.2, -0.15) is 0 Å². The van der Waals surface area contributed by atoms with E-state index in [1.807, 2.05) is 19.2 Å². The third kappa shape index (κ3) is 2.67. The predicted molar refractivity (Wildman–Crippen MR) is 43.6 cm³/mol. The van der Waals surface area contributed by atoms with E-state index in [4.69, 9.17) is 0 Å². The molecule has 0 aromatic carbocycles. The average molecular weight is 280 g/mol. The number of nitrogens with zero attached hydrogens (tertiary/aromatic N) is 1. The summed E-state index contributed by atoms with van der Waals surface area (Å²) in [5, 5.41) is 5.26. The van der Waals surface area contributed by atoms with E-state index in [-0.39, 0.29) is 21.2 Å². The lowest BCUT2D eigenvalue weighted by Crippen LogP contribution is -3.68. The minimum Gasteiger partial charge on any atom is -0.278 e. The van der Waals surface area contributed by atoms with Crippen LogP contribution >= 0.6 is 0 Å². The highest BCUT2D eigenvalue weighted by atomic mass is 127. The Hall–Kier alpha value is -0.230. The van der Waals surface area contributed by atoms with Crippen LogP contribution in [0.3, 0.4) is 0 Å². The Morgan fingerprint density at radius 2 is 2.50 bits per heavy atom. The Morgan fingerprint density at radius 3 is 3.17 bits per heavy atom. The van der Waals surface area contributed by atoms with E-state index in [1.54, 1.807) is 0 Å². The number of rotatable bonds is 1. The predicted octanol–water partition coefficient (Wildman–Crippen LogP) is -2.10. The van der Waals surface area contributed by atoms with Gasteiger partial charge >= 0.3 is 21.2 Å². The Bertz CT molecular complexity index is 235. The molecule has 1 heterocycles. The third-order valence-electron chi connectivity index (χ3n) is 1.67. The van der Waals surface area contributed by atoms with Crippen molar-refractivity contribution in [3.05, 3.63) is 26.5 Å². The van der Waals surface area contributed by atoms with Crippen LogP contribution in [-0.4, -0.2) is 4.05 Å². The summed E-state index contributed by atoms with van der Waals surface area (Å²) in [6.45, 7) is 4.22. The number of hydrogen-bond donors (Lipinski definition) is 1. The van der Waals surface area contributed by atoms with Gasteiger partial charge in [-0.3, -0.25) is 5.32 Å². The Labute approximate surface area is 82.5 Å². The topological polar surface area (TPSA) is 46.0 Å². The monoisotopic (exact) mass is 280 g/mol. The van der Waals surface area contributed by atoms with Gasteiger partial charge < -0.3 is 0 Å². The quantitative estimate of drug-likeness (QED) is 0.254. The molecular weight excluding hydrogens is 267 g/mol. The highest BCUT2D eigenvalue weighted by Crippen LogP contribution is 2.04. The van der Waals surface area contributed by atoms with Crippen LogP contribution in [0.4, 0.5) is 0 Å². The van der Waals surface area contributed by atoms with Crippen molar-refractivity contribution in [2.24, 2.45) is 5.18 Å². The number of quaternary nitrogens is 1. The van der Waals surface area contributed by atoms with Gasteiger partial charge in [-0.1, -0.05) is 0 Å². The SMILES string of the molecule is CC1=C(N=O)CC=C[NH2+]C(C)[I+]1. The highest BCUT2D eigenvalue weighted by Gasteiger charge is 2.27. The first-order chi connectivity index (χ1) is 5.74. The Balaban J connectivity index is 2.79. The van der Waals surface area contributed by atoms with Gasteiger partial charge in [0.1, 0.15) is 5.70 Å². The van der Waals surface area contributed by atoms with E-state index in [9.17, 15) is 4.91 Å². The van der Waals surface area contributed by atoms with Gasteiger partial charge in [0, 0.05) is 20.3 Å². The minimum absolute atomic E-state index is 0.0234. The number of halogens is 1. The molecule has 1 atom stereocenters. The first-order valence-electron chi connectivity index (χ1n) is 3.90. The van der Waals surface area contributed by atoms with Gasteiger partial charge in [-0.15, -0.1) is 4.91 Å². The summed E-state index contributed by atoms with van der Waals surface area (Å²) in [5.74, 6) is 0. The van der Waals surface area contributed by atoms with E-state index in [2.05, 4.69) is 17.4 Å². The molecule has 4 heteroatoms. The van der Waals surface area contributed by atoms with Gasteiger partial charge in [0.2, 0.25) is 0 Å². The Kier molecular flexibility index (Phi) is 3.87. The molecule has 0 aliphatic carbocycles. The van der Waals surface area contributed by atoms with Crippen molar-refractivity contribution in [1.29, 1.82) is 0 Å². The molecular formula is C8H13IN2O+2. The number of allylic oxidation sites excluding steroid dienone is 2. The average Bonchev–Trinajstić information content (AvgIpc) is 2.01. The second-order valence-corrected chi connectivity index (χ2v) is 6.89. The third-order valence-corrected chi connectivity index (χ3v) is 4.62. The molecule has 1 aliphatic rings. The molecule has 0 aromatic rings.